The summed E-state index contributed by atoms with van der Waals surface area (Å²) in [6, 6.07) is 7.69. The molecule has 1 aromatic carbocycles. The molecule has 0 aromatic heterocycles. The van der Waals surface area contributed by atoms with E-state index in [2.05, 4.69) is 0 Å². The first kappa shape index (κ1) is 12.9. The van der Waals surface area contributed by atoms with E-state index < -0.39 is 5.97 Å². The zero-order valence-electron chi connectivity index (χ0n) is 10.8. The number of methoxy groups -OCH3 is 1. The Hall–Kier alpha value is -1.51. The standard InChI is InChI=1S/C15H20O3/c1-18-14-7-3-6-12(10-14)9-13(15(16)17)8-11-4-2-5-11/h3,6-7,10-11,13H,2,4-5,8-9H2,1H3,(H,16,17). The number of carbonyl (C=O) groups is 1. The molecule has 1 aliphatic rings. The monoisotopic (exact) mass is 248 g/mol. The highest BCUT2D eigenvalue weighted by molar-refractivity contribution is 5.70. The van der Waals surface area contributed by atoms with Crippen molar-refractivity contribution < 1.29 is 14.6 Å². The molecule has 0 amide bonds. The highest BCUT2D eigenvalue weighted by Crippen LogP contribution is 2.33. The van der Waals surface area contributed by atoms with Gasteiger partial charge < -0.3 is 9.84 Å². The molecule has 98 valence electrons. The topological polar surface area (TPSA) is 46.5 Å². The van der Waals surface area contributed by atoms with E-state index >= 15 is 0 Å². The van der Waals surface area contributed by atoms with Crippen molar-refractivity contribution in [2.45, 2.75) is 32.1 Å². The summed E-state index contributed by atoms with van der Waals surface area (Å²) in [4.78, 5) is 11.3. The second-order valence-corrected chi connectivity index (χ2v) is 5.12. The molecule has 1 aromatic rings. The van der Waals surface area contributed by atoms with E-state index in [0.29, 0.717) is 12.3 Å². The normalized spacial score (nSPS) is 16.9. The van der Waals surface area contributed by atoms with E-state index in [9.17, 15) is 9.90 Å². The fourth-order valence-corrected chi connectivity index (χ4v) is 2.49. The van der Waals surface area contributed by atoms with E-state index in [0.717, 1.165) is 17.7 Å². The molecule has 2 rings (SSSR count). The summed E-state index contributed by atoms with van der Waals surface area (Å²) in [5.41, 5.74) is 1.04. The van der Waals surface area contributed by atoms with Gasteiger partial charge in [0.05, 0.1) is 13.0 Å². The maximum Gasteiger partial charge on any atom is 0.306 e. The van der Waals surface area contributed by atoms with Gasteiger partial charge in [-0.1, -0.05) is 31.4 Å². The van der Waals surface area contributed by atoms with Crippen molar-refractivity contribution in [2.24, 2.45) is 11.8 Å². The predicted octanol–water partition coefficient (Wildman–Crippen LogP) is 3.13. The van der Waals surface area contributed by atoms with E-state index in [4.69, 9.17) is 4.74 Å². The molecule has 0 heterocycles. The van der Waals surface area contributed by atoms with Gasteiger partial charge in [-0.05, 0) is 36.5 Å². The minimum Gasteiger partial charge on any atom is -0.497 e. The third-order valence-electron chi connectivity index (χ3n) is 3.81. The summed E-state index contributed by atoms with van der Waals surface area (Å²) in [6.45, 7) is 0. The average molecular weight is 248 g/mol. The van der Waals surface area contributed by atoms with Crippen molar-refractivity contribution in [2.75, 3.05) is 7.11 Å². The quantitative estimate of drug-likeness (QED) is 0.841. The van der Waals surface area contributed by atoms with Crippen molar-refractivity contribution in [3.63, 3.8) is 0 Å². The molecule has 0 bridgehead atoms. The first-order chi connectivity index (χ1) is 8.69. The summed E-state index contributed by atoms with van der Waals surface area (Å²) < 4.78 is 5.16. The second-order valence-electron chi connectivity index (χ2n) is 5.12. The minimum absolute atomic E-state index is 0.262. The number of hydrogen-bond acceptors (Lipinski definition) is 2. The lowest BCUT2D eigenvalue weighted by atomic mass is 9.77. The van der Waals surface area contributed by atoms with E-state index in [-0.39, 0.29) is 5.92 Å². The number of hydrogen-bond donors (Lipinski definition) is 1. The highest BCUT2D eigenvalue weighted by Gasteiger charge is 2.26. The fraction of sp³-hybridized carbons (Fsp3) is 0.533. The van der Waals surface area contributed by atoms with Crippen LogP contribution >= 0.6 is 0 Å². The highest BCUT2D eigenvalue weighted by atomic mass is 16.5. The first-order valence-corrected chi connectivity index (χ1v) is 6.54. The molecule has 1 unspecified atom stereocenters. The van der Waals surface area contributed by atoms with Crippen LogP contribution in [0.3, 0.4) is 0 Å². The van der Waals surface area contributed by atoms with Crippen LogP contribution in [0.25, 0.3) is 0 Å². The van der Waals surface area contributed by atoms with Crippen LogP contribution in [0, 0.1) is 11.8 Å². The van der Waals surface area contributed by atoms with Gasteiger partial charge in [0.25, 0.3) is 0 Å². The molecule has 1 N–H and O–H groups in total. The Morgan fingerprint density at radius 3 is 2.83 bits per heavy atom. The Kier molecular flexibility index (Phi) is 4.24. The van der Waals surface area contributed by atoms with Gasteiger partial charge >= 0.3 is 5.97 Å². The van der Waals surface area contributed by atoms with Gasteiger partial charge in [0, 0.05) is 0 Å². The number of rotatable bonds is 6. The summed E-state index contributed by atoms with van der Waals surface area (Å²) >= 11 is 0. The number of carboxylic acid groups (broad SMARTS) is 1. The minimum atomic E-state index is -0.676. The molecule has 3 heteroatoms. The van der Waals surface area contributed by atoms with Crippen LogP contribution in [0.1, 0.15) is 31.2 Å². The molecule has 3 nitrogen and oxygen atoms in total. The van der Waals surface area contributed by atoms with Crippen LogP contribution in [-0.4, -0.2) is 18.2 Å². The fourth-order valence-electron chi connectivity index (χ4n) is 2.49. The van der Waals surface area contributed by atoms with Crippen LogP contribution in [0.4, 0.5) is 0 Å². The first-order valence-electron chi connectivity index (χ1n) is 6.54. The molecular formula is C15H20O3. The molecule has 18 heavy (non-hydrogen) atoms. The van der Waals surface area contributed by atoms with Crippen molar-refractivity contribution in [1.82, 2.24) is 0 Å². The van der Waals surface area contributed by atoms with Crippen molar-refractivity contribution >= 4 is 5.97 Å². The van der Waals surface area contributed by atoms with E-state index in [1.807, 2.05) is 24.3 Å². The summed E-state index contributed by atoms with van der Waals surface area (Å²) in [5, 5.41) is 9.30. The van der Waals surface area contributed by atoms with Crippen LogP contribution in [-0.2, 0) is 11.2 Å². The van der Waals surface area contributed by atoms with Gasteiger partial charge in [-0.3, -0.25) is 4.79 Å². The smallest absolute Gasteiger partial charge is 0.306 e. The maximum atomic E-state index is 11.3. The lowest BCUT2D eigenvalue weighted by molar-refractivity contribution is -0.142. The third-order valence-corrected chi connectivity index (χ3v) is 3.81. The molecule has 0 aliphatic heterocycles. The third kappa shape index (κ3) is 3.25. The predicted molar refractivity (Wildman–Crippen MR) is 69.8 cm³/mol. The van der Waals surface area contributed by atoms with Crippen molar-refractivity contribution in [1.29, 1.82) is 0 Å². The zero-order chi connectivity index (χ0) is 13.0. The zero-order valence-corrected chi connectivity index (χ0v) is 10.8. The molecule has 0 radical (unpaired) electrons. The molecule has 1 atom stereocenters. The molecule has 0 spiro atoms. The Labute approximate surface area is 108 Å². The lowest BCUT2D eigenvalue weighted by Gasteiger charge is -2.28. The lowest BCUT2D eigenvalue weighted by Crippen LogP contribution is -2.23. The van der Waals surface area contributed by atoms with Crippen LogP contribution < -0.4 is 4.74 Å². The SMILES string of the molecule is COc1cccc(CC(CC2CCC2)C(=O)O)c1. The average Bonchev–Trinajstić information content (AvgIpc) is 2.32. The van der Waals surface area contributed by atoms with Crippen molar-refractivity contribution in [3.8, 4) is 5.75 Å². The molecule has 0 saturated heterocycles. The number of ether oxygens (including phenoxy) is 1. The summed E-state index contributed by atoms with van der Waals surface area (Å²) in [5.74, 6) is 0.476. The summed E-state index contributed by atoms with van der Waals surface area (Å²) in [7, 11) is 1.63. The maximum absolute atomic E-state index is 11.3. The number of aliphatic carboxylic acids is 1. The van der Waals surface area contributed by atoms with Gasteiger partial charge in [-0.15, -0.1) is 0 Å². The Bertz CT molecular complexity index is 410. The Morgan fingerprint density at radius 2 is 2.28 bits per heavy atom. The van der Waals surface area contributed by atoms with Crippen molar-refractivity contribution in [3.05, 3.63) is 29.8 Å². The van der Waals surface area contributed by atoms with Crippen LogP contribution in [0.5, 0.6) is 5.75 Å². The Balaban J connectivity index is 2.00. The molecule has 1 aliphatic carbocycles. The summed E-state index contributed by atoms with van der Waals surface area (Å²) in [6.07, 6.45) is 5.07. The van der Waals surface area contributed by atoms with Gasteiger partial charge in [0.15, 0.2) is 0 Å². The van der Waals surface area contributed by atoms with E-state index in [1.165, 1.54) is 19.3 Å². The van der Waals surface area contributed by atoms with Crippen LogP contribution in [0.15, 0.2) is 24.3 Å². The molecule has 1 saturated carbocycles. The second kappa shape index (κ2) is 5.89. The van der Waals surface area contributed by atoms with Crippen LogP contribution in [0.2, 0.25) is 0 Å². The van der Waals surface area contributed by atoms with Gasteiger partial charge in [0.2, 0.25) is 0 Å². The van der Waals surface area contributed by atoms with E-state index in [1.54, 1.807) is 7.11 Å². The molecule has 1 fully saturated rings. The Morgan fingerprint density at radius 1 is 1.50 bits per heavy atom. The molecular weight excluding hydrogens is 228 g/mol. The van der Waals surface area contributed by atoms with Gasteiger partial charge in [-0.25, -0.2) is 0 Å². The number of benzene rings is 1. The van der Waals surface area contributed by atoms with Gasteiger partial charge in [-0.2, -0.15) is 0 Å². The number of carboxylic acids is 1. The van der Waals surface area contributed by atoms with Gasteiger partial charge in [0.1, 0.15) is 5.75 Å². The largest absolute Gasteiger partial charge is 0.497 e.